The maximum atomic E-state index is 12.5. The first-order valence-corrected chi connectivity index (χ1v) is 11.6. The van der Waals surface area contributed by atoms with Crippen LogP contribution in [-0.2, 0) is 26.5 Å². The molecule has 1 N–H and O–H groups in total. The third-order valence-electron chi connectivity index (χ3n) is 4.49. The third kappa shape index (κ3) is 4.79. The summed E-state index contributed by atoms with van der Waals surface area (Å²) in [6, 6.07) is -0.374. The third-order valence-corrected chi connectivity index (χ3v) is 7.25. The fourth-order valence-corrected chi connectivity index (χ4v) is 5.55. The zero-order valence-corrected chi connectivity index (χ0v) is 17.3. The molecular formula is C16H22N6O4S2. The van der Waals surface area contributed by atoms with Crippen molar-refractivity contribution in [2.24, 2.45) is 7.05 Å². The van der Waals surface area contributed by atoms with Crippen LogP contribution in [0.25, 0.3) is 11.0 Å². The van der Waals surface area contributed by atoms with Crippen LogP contribution < -0.4 is 5.32 Å². The minimum absolute atomic E-state index is 0.0382. The molecule has 2 aromatic rings. The summed E-state index contributed by atoms with van der Waals surface area (Å²) in [5.41, 5.74) is 0.684. The van der Waals surface area contributed by atoms with Crippen LogP contribution in [0.15, 0.2) is 17.6 Å². The Labute approximate surface area is 167 Å². The predicted octanol–water partition coefficient (Wildman–Crippen LogP) is -0.393. The number of aromatic nitrogens is 4. The van der Waals surface area contributed by atoms with E-state index in [0.29, 0.717) is 23.6 Å². The van der Waals surface area contributed by atoms with E-state index in [-0.39, 0.29) is 41.7 Å². The van der Waals surface area contributed by atoms with Gasteiger partial charge in [-0.2, -0.15) is 5.10 Å². The van der Waals surface area contributed by atoms with Gasteiger partial charge in [-0.3, -0.25) is 14.3 Å². The molecule has 0 unspecified atom stereocenters. The van der Waals surface area contributed by atoms with E-state index in [9.17, 15) is 18.0 Å². The highest BCUT2D eigenvalue weighted by Gasteiger charge is 2.29. The fourth-order valence-electron chi connectivity index (χ4n) is 3.01. The topological polar surface area (TPSA) is 127 Å². The van der Waals surface area contributed by atoms with Crippen LogP contribution in [0.3, 0.4) is 0 Å². The molecule has 12 heteroatoms. The zero-order valence-electron chi connectivity index (χ0n) is 15.7. The molecule has 0 radical (unpaired) electrons. The van der Waals surface area contributed by atoms with Gasteiger partial charge in [-0.1, -0.05) is 11.8 Å². The maximum Gasteiger partial charge on any atom is 0.239 e. The van der Waals surface area contributed by atoms with Gasteiger partial charge in [-0.25, -0.2) is 18.4 Å². The lowest BCUT2D eigenvalue weighted by Crippen LogP contribution is -2.45. The number of sulfone groups is 1. The molecule has 0 saturated carbocycles. The molecule has 1 saturated heterocycles. The minimum Gasteiger partial charge on any atom is -0.351 e. The molecule has 1 aliphatic heterocycles. The van der Waals surface area contributed by atoms with Gasteiger partial charge in [0, 0.05) is 19.6 Å². The summed E-state index contributed by atoms with van der Waals surface area (Å²) < 4.78 is 24.6. The molecule has 1 aliphatic rings. The molecule has 0 aliphatic carbocycles. The van der Waals surface area contributed by atoms with Gasteiger partial charge in [0.2, 0.25) is 11.8 Å². The van der Waals surface area contributed by atoms with Gasteiger partial charge in [0.15, 0.2) is 15.5 Å². The van der Waals surface area contributed by atoms with Crippen molar-refractivity contribution in [1.82, 2.24) is 30.0 Å². The van der Waals surface area contributed by atoms with Gasteiger partial charge < -0.3 is 10.2 Å². The lowest BCUT2D eigenvalue weighted by Gasteiger charge is -2.21. The number of hydrogen-bond donors (Lipinski definition) is 1. The van der Waals surface area contributed by atoms with E-state index in [0.717, 1.165) is 5.39 Å². The van der Waals surface area contributed by atoms with E-state index in [1.807, 2.05) is 0 Å². The lowest BCUT2D eigenvalue weighted by molar-refractivity contribution is -0.134. The van der Waals surface area contributed by atoms with E-state index in [4.69, 9.17) is 0 Å². The summed E-state index contributed by atoms with van der Waals surface area (Å²) in [6.07, 6.45) is 3.50. The van der Waals surface area contributed by atoms with Gasteiger partial charge in [0.05, 0.1) is 35.4 Å². The Bertz CT molecular complexity index is 990. The smallest absolute Gasteiger partial charge is 0.239 e. The number of nitrogens with one attached hydrogen (secondary N) is 1. The van der Waals surface area contributed by atoms with Crippen molar-refractivity contribution in [3.63, 3.8) is 0 Å². The monoisotopic (exact) mass is 426 g/mol. The molecule has 2 aromatic heterocycles. The zero-order chi connectivity index (χ0) is 20.3. The highest BCUT2D eigenvalue weighted by Crippen LogP contribution is 2.24. The average Bonchev–Trinajstić information content (AvgIpc) is 3.20. The first-order chi connectivity index (χ1) is 13.3. The number of aryl methyl sites for hydroxylation is 1. The number of carbonyl (C=O) groups excluding carboxylic acids is 2. The van der Waals surface area contributed by atoms with E-state index >= 15 is 0 Å². The van der Waals surface area contributed by atoms with Crippen molar-refractivity contribution in [3.8, 4) is 0 Å². The number of rotatable bonds is 7. The molecular weight excluding hydrogens is 404 g/mol. The molecule has 2 amide bonds. The first-order valence-electron chi connectivity index (χ1n) is 8.82. The minimum atomic E-state index is -3.06. The quantitative estimate of drug-likeness (QED) is 0.468. The molecule has 0 spiro atoms. The number of hydrogen-bond acceptors (Lipinski definition) is 8. The molecule has 3 heterocycles. The predicted molar refractivity (Wildman–Crippen MR) is 104 cm³/mol. The maximum absolute atomic E-state index is 12.5. The fraction of sp³-hybridized carbons (Fsp3) is 0.562. The standard InChI is InChI=1S/C16H22N6O4S2/c1-3-22(7-13(23)20-11-4-5-28(25,26)9-11)14(24)8-27-16-12-6-19-21(2)15(12)17-10-18-16/h6,10-11H,3-5,7-9H2,1-2H3,(H,20,23)/t11-/m0/s1. The molecule has 1 fully saturated rings. The van der Waals surface area contributed by atoms with Crippen LogP contribution in [0.4, 0.5) is 0 Å². The molecule has 1 atom stereocenters. The summed E-state index contributed by atoms with van der Waals surface area (Å²) in [5.74, 6) is -0.368. The van der Waals surface area contributed by atoms with Crippen molar-refractivity contribution in [2.45, 2.75) is 24.4 Å². The molecule has 0 aromatic carbocycles. The Morgan fingerprint density at radius 2 is 2.18 bits per heavy atom. The number of likely N-dealkylation sites (N-methyl/N-ethyl adjacent to an activating group) is 1. The lowest BCUT2D eigenvalue weighted by atomic mass is 10.2. The molecule has 3 rings (SSSR count). The molecule has 152 valence electrons. The van der Waals surface area contributed by atoms with Crippen LogP contribution in [0.5, 0.6) is 0 Å². The van der Waals surface area contributed by atoms with Crippen LogP contribution in [0.1, 0.15) is 13.3 Å². The number of fused-ring (bicyclic) bond motifs is 1. The van der Waals surface area contributed by atoms with Gasteiger partial charge >= 0.3 is 0 Å². The van der Waals surface area contributed by atoms with Crippen molar-refractivity contribution in [1.29, 1.82) is 0 Å². The second-order valence-electron chi connectivity index (χ2n) is 6.55. The van der Waals surface area contributed by atoms with Gasteiger partial charge in [-0.15, -0.1) is 0 Å². The summed E-state index contributed by atoms with van der Waals surface area (Å²) >= 11 is 1.27. The van der Waals surface area contributed by atoms with Crippen LogP contribution in [0.2, 0.25) is 0 Å². The van der Waals surface area contributed by atoms with Crippen molar-refractivity contribution in [2.75, 3.05) is 30.3 Å². The summed E-state index contributed by atoms with van der Waals surface area (Å²) in [5, 5.41) is 8.27. The van der Waals surface area contributed by atoms with Gasteiger partial charge in [-0.05, 0) is 13.3 Å². The van der Waals surface area contributed by atoms with Crippen LogP contribution in [0, 0.1) is 0 Å². The second-order valence-corrected chi connectivity index (χ2v) is 9.74. The normalized spacial score (nSPS) is 18.3. The van der Waals surface area contributed by atoms with Crippen LogP contribution in [-0.4, -0.2) is 81.3 Å². The van der Waals surface area contributed by atoms with Gasteiger partial charge in [0.1, 0.15) is 11.4 Å². The number of amides is 2. The number of nitrogens with zero attached hydrogens (tertiary/aromatic N) is 5. The molecule has 0 bridgehead atoms. The Balaban J connectivity index is 1.55. The van der Waals surface area contributed by atoms with E-state index in [1.54, 1.807) is 24.9 Å². The first kappa shape index (κ1) is 20.5. The number of thioether (sulfide) groups is 1. The Morgan fingerprint density at radius 1 is 1.39 bits per heavy atom. The van der Waals surface area contributed by atoms with Crippen molar-refractivity contribution in [3.05, 3.63) is 12.5 Å². The number of carbonyl (C=O) groups is 2. The Hall–Kier alpha value is -2.21. The van der Waals surface area contributed by atoms with E-state index in [2.05, 4.69) is 20.4 Å². The van der Waals surface area contributed by atoms with Gasteiger partial charge in [0.25, 0.3) is 0 Å². The van der Waals surface area contributed by atoms with Crippen LogP contribution >= 0.6 is 11.8 Å². The Kier molecular flexibility index (Phi) is 6.18. The highest BCUT2D eigenvalue weighted by molar-refractivity contribution is 8.00. The Morgan fingerprint density at radius 3 is 2.86 bits per heavy atom. The van der Waals surface area contributed by atoms with Crippen molar-refractivity contribution < 1.29 is 18.0 Å². The summed E-state index contributed by atoms with van der Waals surface area (Å²) in [6.45, 7) is 2.07. The van der Waals surface area contributed by atoms with Crippen molar-refractivity contribution >= 4 is 44.4 Å². The molecule has 10 nitrogen and oxygen atoms in total. The summed E-state index contributed by atoms with van der Waals surface area (Å²) in [7, 11) is -1.28. The SMILES string of the molecule is CCN(CC(=O)N[C@H]1CCS(=O)(=O)C1)C(=O)CSc1ncnc2c1cnn2C. The second kappa shape index (κ2) is 8.43. The largest absolute Gasteiger partial charge is 0.351 e. The van der Waals surface area contributed by atoms with E-state index < -0.39 is 9.84 Å². The average molecular weight is 427 g/mol. The highest BCUT2D eigenvalue weighted by atomic mass is 32.2. The van der Waals surface area contributed by atoms with E-state index in [1.165, 1.54) is 23.0 Å². The molecule has 28 heavy (non-hydrogen) atoms. The summed E-state index contributed by atoms with van der Waals surface area (Å²) in [4.78, 5) is 34.5.